The zero-order chi connectivity index (χ0) is 20.1. The highest BCUT2D eigenvalue weighted by Gasteiger charge is 2.14. The van der Waals surface area contributed by atoms with Gasteiger partial charge in [0.25, 0.3) is 0 Å². The van der Waals surface area contributed by atoms with Crippen LogP contribution in [-0.2, 0) is 17.8 Å². The number of nitrogens with zero attached hydrogens (tertiary/aromatic N) is 4. The van der Waals surface area contributed by atoms with E-state index in [4.69, 9.17) is 17.0 Å². The van der Waals surface area contributed by atoms with Crippen LogP contribution in [0.15, 0.2) is 24.3 Å². The van der Waals surface area contributed by atoms with E-state index in [1.165, 1.54) is 11.3 Å². The highest BCUT2D eigenvalue weighted by molar-refractivity contribution is 7.71. The van der Waals surface area contributed by atoms with Crippen LogP contribution in [0.5, 0.6) is 5.75 Å². The summed E-state index contributed by atoms with van der Waals surface area (Å²) in [5, 5.41) is 19.3. The zero-order valence-electron chi connectivity index (χ0n) is 15.9. The fourth-order valence-electron chi connectivity index (χ4n) is 2.59. The third-order valence-electron chi connectivity index (χ3n) is 3.78. The van der Waals surface area contributed by atoms with E-state index in [0.29, 0.717) is 28.3 Å². The minimum atomic E-state index is -0.239. The van der Waals surface area contributed by atoms with Gasteiger partial charge in [0, 0.05) is 12.0 Å². The number of carbonyl (C=O) groups is 1. The van der Waals surface area contributed by atoms with Crippen molar-refractivity contribution in [3.8, 4) is 17.1 Å². The van der Waals surface area contributed by atoms with Crippen molar-refractivity contribution in [3.05, 3.63) is 34.0 Å². The lowest BCUT2D eigenvalue weighted by Gasteiger charge is -2.08. The number of nitrogens with one attached hydrogen (secondary N) is 2. The quantitative estimate of drug-likeness (QED) is 0.542. The summed E-state index contributed by atoms with van der Waals surface area (Å²) in [5.74, 6) is 1.61. The van der Waals surface area contributed by atoms with Crippen LogP contribution in [0.2, 0.25) is 0 Å². The molecule has 0 aliphatic rings. The van der Waals surface area contributed by atoms with Crippen molar-refractivity contribution in [2.24, 2.45) is 5.92 Å². The highest BCUT2D eigenvalue weighted by Crippen LogP contribution is 2.22. The first-order chi connectivity index (χ1) is 13.5. The first-order valence-corrected chi connectivity index (χ1v) is 10.2. The number of hydrogen-bond donors (Lipinski definition) is 2. The molecule has 2 N–H and O–H groups in total. The van der Waals surface area contributed by atoms with Crippen LogP contribution >= 0.6 is 23.6 Å². The van der Waals surface area contributed by atoms with Gasteiger partial charge in [-0.15, -0.1) is 10.2 Å². The molecule has 148 valence electrons. The van der Waals surface area contributed by atoms with E-state index in [2.05, 4.69) is 39.6 Å². The van der Waals surface area contributed by atoms with Crippen molar-refractivity contribution in [2.45, 2.75) is 33.7 Å². The highest BCUT2D eigenvalue weighted by atomic mass is 32.1. The molecule has 10 heteroatoms. The average molecular weight is 419 g/mol. The second kappa shape index (κ2) is 9.07. The van der Waals surface area contributed by atoms with Gasteiger partial charge in [0.2, 0.25) is 11.0 Å². The number of amides is 1. The van der Waals surface area contributed by atoms with Crippen LogP contribution in [0.3, 0.4) is 0 Å². The summed E-state index contributed by atoms with van der Waals surface area (Å²) in [6.07, 6.45) is 0.836. The molecule has 1 aromatic carbocycles. The summed E-state index contributed by atoms with van der Waals surface area (Å²) in [7, 11) is 0. The molecule has 0 saturated carbocycles. The zero-order valence-corrected chi connectivity index (χ0v) is 17.6. The second-order valence-electron chi connectivity index (χ2n) is 6.54. The first-order valence-electron chi connectivity index (χ1n) is 8.97. The summed E-state index contributed by atoms with van der Waals surface area (Å²) >= 11 is 6.68. The van der Waals surface area contributed by atoms with E-state index in [0.717, 1.165) is 22.7 Å². The van der Waals surface area contributed by atoms with E-state index in [1.807, 2.05) is 31.2 Å². The van der Waals surface area contributed by atoms with E-state index in [9.17, 15) is 4.79 Å². The largest absolute Gasteiger partial charge is 0.494 e. The predicted molar refractivity (Wildman–Crippen MR) is 111 cm³/mol. The molecule has 0 spiro atoms. The Morgan fingerprint density at radius 2 is 2.07 bits per heavy atom. The third kappa shape index (κ3) is 5.02. The summed E-state index contributed by atoms with van der Waals surface area (Å²) in [6, 6.07) is 7.48. The molecule has 0 fully saturated rings. The van der Waals surface area contributed by atoms with Gasteiger partial charge >= 0.3 is 0 Å². The molecule has 1 amide bonds. The van der Waals surface area contributed by atoms with Crippen molar-refractivity contribution in [1.29, 1.82) is 0 Å². The summed E-state index contributed by atoms with van der Waals surface area (Å²) < 4.78 is 7.48. The number of rotatable bonds is 8. The standard InChI is InChI=1S/C18H22N6O2S2/c1-4-26-13-7-5-12(6-8-13)16-21-23-18(27)24(16)10-14(25)19-17-22-20-15(28-17)9-11(2)3/h5-8,11H,4,9-10H2,1-3H3,(H,23,27)(H,19,22,25). The monoisotopic (exact) mass is 418 g/mol. The molecule has 28 heavy (non-hydrogen) atoms. The van der Waals surface area contributed by atoms with Gasteiger partial charge in [-0.3, -0.25) is 19.8 Å². The lowest BCUT2D eigenvalue weighted by atomic mass is 10.1. The molecule has 0 aliphatic heterocycles. The summed E-state index contributed by atoms with van der Waals surface area (Å²) in [6.45, 7) is 6.78. The molecule has 3 aromatic rings. The second-order valence-corrected chi connectivity index (χ2v) is 7.99. The number of ether oxygens (including phenoxy) is 1. The number of anilines is 1. The van der Waals surface area contributed by atoms with Crippen molar-refractivity contribution in [2.75, 3.05) is 11.9 Å². The molecule has 2 aromatic heterocycles. The Labute approximate surface area is 172 Å². The van der Waals surface area contributed by atoms with E-state index < -0.39 is 0 Å². The van der Waals surface area contributed by atoms with E-state index in [-0.39, 0.29) is 12.5 Å². The Hall–Kier alpha value is -2.59. The van der Waals surface area contributed by atoms with Gasteiger partial charge in [-0.05, 0) is 49.3 Å². The smallest absolute Gasteiger partial charge is 0.246 e. The van der Waals surface area contributed by atoms with Gasteiger partial charge in [0.15, 0.2) is 10.6 Å². The van der Waals surface area contributed by atoms with Crippen LogP contribution in [0, 0.1) is 10.7 Å². The van der Waals surface area contributed by atoms with Crippen molar-refractivity contribution in [1.82, 2.24) is 25.0 Å². The lowest BCUT2D eigenvalue weighted by molar-refractivity contribution is -0.116. The Kier molecular flexibility index (Phi) is 6.53. The van der Waals surface area contributed by atoms with Crippen molar-refractivity contribution in [3.63, 3.8) is 0 Å². The number of aromatic nitrogens is 5. The third-order valence-corrected chi connectivity index (χ3v) is 4.95. The summed E-state index contributed by atoms with van der Waals surface area (Å²) in [4.78, 5) is 12.5. The van der Waals surface area contributed by atoms with Crippen LogP contribution in [0.4, 0.5) is 5.13 Å². The van der Waals surface area contributed by atoms with Gasteiger partial charge in [-0.1, -0.05) is 25.2 Å². The Balaban J connectivity index is 1.72. The Morgan fingerprint density at radius 1 is 1.32 bits per heavy atom. The lowest BCUT2D eigenvalue weighted by Crippen LogP contribution is -2.19. The van der Waals surface area contributed by atoms with E-state index >= 15 is 0 Å². The fourth-order valence-corrected chi connectivity index (χ4v) is 3.75. The van der Waals surface area contributed by atoms with Crippen LogP contribution in [0.1, 0.15) is 25.8 Å². The number of hydrogen-bond acceptors (Lipinski definition) is 7. The minimum Gasteiger partial charge on any atom is -0.494 e. The van der Waals surface area contributed by atoms with Gasteiger partial charge in [-0.25, -0.2) is 0 Å². The molecule has 0 atom stereocenters. The van der Waals surface area contributed by atoms with Crippen LogP contribution in [0.25, 0.3) is 11.4 Å². The molecular formula is C18H22N6O2S2. The van der Waals surface area contributed by atoms with Crippen LogP contribution < -0.4 is 10.1 Å². The van der Waals surface area contributed by atoms with Crippen LogP contribution in [-0.4, -0.2) is 37.5 Å². The molecule has 0 aliphatic carbocycles. The maximum Gasteiger partial charge on any atom is 0.246 e. The van der Waals surface area contributed by atoms with Gasteiger partial charge in [0.1, 0.15) is 17.3 Å². The van der Waals surface area contributed by atoms with Gasteiger partial charge in [0.05, 0.1) is 6.61 Å². The molecule has 8 nitrogen and oxygen atoms in total. The first kappa shape index (κ1) is 20.2. The molecule has 0 bridgehead atoms. The fraction of sp³-hybridized carbons (Fsp3) is 0.389. The maximum atomic E-state index is 12.5. The molecule has 3 rings (SSSR count). The molecule has 2 heterocycles. The SMILES string of the molecule is CCOc1ccc(-c2n[nH]c(=S)n2CC(=O)Nc2nnc(CC(C)C)s2)cc1. The summed E-state index contributed by atoms with van der Waals surface area (Å²) in [5.41, 5.74) is 0.832. The Morgan fingerprint density at radius 3 is 2.75 bits per heavy atom. The van der Waals surface area contributed by atoms with Crippen molar-refractivity contribution >= 4 is 34.6 Å². The number of benzene rings is 1. The van der Waals surface area contributed by atoms with Gasteiger partial charge < -0.3 is 4.74 Å². The van der Waals surface area contributed by atoms with Gasteiger partial charge in [-0.2, -0.15) is 5.10 Å². The molecule has 0 radical (unpaired) electrons. The number of aromatic amines is 1. The number of H-pyrrole nitrogens is 1. The molecule has 0 unspecified atom stereocenters. The average Bonchev–Trinajstić information content (AvgIpc) is 3.22. The van der Waals surface area contributed by atoms with E-state index in [1.54, 1.807) is 4.57 Å². The predicted octanol–water partition coefficient (Wildman–Crippen LogP) is 3.70. The molecule has 0 saturated heterocycles. The molecular weight excluding hydrogens is 396 g/mol. The Bertz CT molecular complexity index is 990. The minimum absolute atomic E-state index is 0.0248. The normalized spacial score (nSPS) is 11.0. The topological polar surface area (TPSA) is 97.7 Å². The van der Waals surface area contributed by atoms with Crippen molar-refractivity contribution < 1.29 is 9.53 Å². The number of carbonyl (C=O) groups excluding carboxylic acids is 1. The maximum absolute atomic E-state index is 12.5.